The van der Waals surface area contributed by atoms with Gasteiger partial charge in [0.2, 0.25) is 5.91 Å². The quantitative estimate of drug-likeness (QED) is 0.852. The maximum absolute atomic E-state index is 12.7. The molecule has 1 aliphatic carbocycles. The topological polar surface area (TPSA) is 23.6 Å². The number of carbonyl (C=O) groups excluding carboxylic acids is 1. The van der Waals surface area contributed by atoms with Crippen molar-refractivity contribution in [1.82, 2.24) is 9.80 Å². The summed E-state index contributed by atoms with van der Waals surface area (Å²) in [6.45, 7) is 2.35. The average Bonchev–Trinajstić information content (AvgIpc) is 2.55. The van der Waals surface area contributed by atoms with E-state index in [1.54, 1.807) is 0 Å². The number of likely N-dealkylation sites (tertiary alicyclic amines) is 1. The van der Waals surface area contributed by atoms with Crippen molar-refractivity contribution in [2.24, 2.45) is 5.92 Å². The maximum Gasteiger partial charge on any atom is 0.237 e. The van der Waals surface area contributed by atoms with Crippen molar-refractivity contribution in [3.05, 3.63) is 35.9 Å². The Morgan fingerprint density at radius 2 is 1.86 bits per heavy atom. The van der Waals surface area contributed by atoms with Gasteiger partial charge >= 0.3 is 0 Å². The van der Waals surface area contributed by atoms with Gasteiger partial charge in [-0.1, -0.05) is 43.2 Å². The molecule has 1 saturated heterocycles. The van der Waals surface area contributed by atoms with E-state index in [1.807, 2.05) is 13.1 Å². The van der Waals surface area contributed by atoms with Crippen molar-refractivity contribution < 1.29 is 4.79 Å². The highest BCUT2D eigenvalue weighted by Crippen LogP contribution is 2.35. The second kappa shape index (κ2) is 7.28. The maximum atomic E-state index is 12.7. The SMILES string of the molecule is CN(CC(=O)N1CCCC2CCCCC21)Cc1ccccc1. The van der Waals surface area contributed by atoms with Crippen molar-refractivity contribution in [3.63, 3.8) is 0 Å². The van der Waals surface area contributed by atoms with Crippen molar-refractivity contribution >= 4 is 5.91 Å². The van der Waals surface area contributed by atoms with Crippen LogP contribution in [0, 0.1) is 5.92 Å². The van der Waals surface area contributed by atoms with Crippen LogP contribution in [-0.2, 0) is 11.3 Å². The number of piperidine rings is 1. The molecule has 0 N–H and O–H groups in total. The summed E-state index contributed by atoms with van der Waals surface area (Å²) in [5.74, 6) is 1.10. The van der Waals surface area contributed by atoms with Gasteiger partial charge in [-0.05, 0) is 44.2 Å². The number of carbonyl (C=O) groups is 1. The van der Waals surface area contributed by atoms with Crippen molar-refractivity contribution in [3.8, 4) is 0 Å². The first-order chi connectivity index (χ1) is 10.7. The van der Waals surface area contributed by atoms with Crippen molar-refractivity contribution in [1.29, 1.82) is 0 Å². The summed E-state index contributed by atoms with van der Waals surface area (Å²) in [7, 11) is 2.05. The van der Waals surface area contributed by atoms with Gasteiger partial charge < -0.3 is 4.90 Å². The molecular formula is C19H28N2O. The highest BCUT2D eigenvalue weighted by molar-refractivity contribution is 5.78. The largest absolute Gasteiger partial charge is 0.338 e. The van der Waals surface area contributed by atoms with Crippen LogP contribution >= 0.6 is 0 Å². The molecule has 3 nitrogen and oxygen atoms in total. The molecule has 3 heteroatoms. The molecule has 3 rings (SSSR count). The van der Waals surface area contributed by atoms with Gasteiger partial charge in [-0.15, -0.1) is 0 Å². The molecule has 1 amide bonds. The molecule has 0 aromatic heterocycles. The van der Waals surface area contributed by atoms with E-state index in [2.05, 4.69) is 34.1 Å². The first-order valence-corrected chi connectivity index (χ1v) is 8.76. The zero-order valence-corrected chi connectivity index (χ0v) is 13.7. The van der Waals surface area contributed by atoms with E-state index in [4.69, 9.17) is 0 Å². The average molecular weight is 300 g/mol. The number of likely N-dealkylation sites (N-methyl/N-ethyl adjacent to an activating group) is 1. The third-order valence-electron chi connectivity index (χ3n) is 5.26. The number of fused-ring (bicyclic) bond motifs is 1. The first-order valence-electron chi connectivity index (χ1n) is 8.76. The van der Waals surface area contributed by atoms with Crippen LogP contribution in [-0.4, -0.2) is 41.9 Å². The van der Waals surface area contributed by atoms with Crippen LogP contribution < -0.4 is 0 Å². The first kappa shape index (κ1) is 15.5. The number of benzene rings is 1. The van der Waals surface area contributed by atoms with Crippen molar-refractivity contribution in [2.45, 2.75) is 51.1 Å². The lowest BCUT2D eigenvalue weighted by atomic mass is 9.78. The molecule has 0 bridgehead atoms. The smallest absolute Gasteiger partial charge is 0.237 e. The summed E-state index contributed by atoms with van der Waals surface area (Å²) < 4.78 is 0. The van der Waals surface area contributed by atoms with E-state index in [9.17, 15) is 4.79 Å². The standard InChI is InChI=1S/C19H28N2O/c1-20(14-16-8-3-2-4-9-16)15-19(22)21-13-7-11-17-10-5-6-12-18(17)21/h2-4,8-9,17-18H,5-7,10-15H2,1H3. The highest BCUT2D eigenvalue weighted by atomic mass is 16.2. The van der Waals surface area contributed by atoms with Crippen LogP contribution in [0.4, 0.5) is 0 Å². The van der Waals surface area contributed by atoms with Crippen LogP contribution in [0.15, 0.2) is 30.3 Å². The zero-order chi connectivity index (χ0) is 15.4. The summed E-state index contributed by atoms with van der Waals surface area (Å²) in [6, 6.07) is 10.9. The number of nitrogens with zero attached hydrogens (tertiary/aromatic N) is 2. The fourth-order valence-corrected chi connectivity index (χ4v) is 4.21. The van der Waals surface area contributed by atoms with Gasteiger partial charge in [0.05, 0.1) is 6.54 Å². The fourth-order valence-electron chi connectivity index (χ4n) is 4.21. The van der Waals surface area contributed by atoms with Crippen LogP contribution in [0.25, 0.3) is 0 Å². The molecule has 2 fully saturated rings. The van der Waals surface area contributed by atoms with E-state index < -0.39 is 0 Å². The molecule has 2 aliphatic rings. The van der Waals surface area contributed by atoms with Crippen molar-refractivity contribution in [2.75, 3.05) is 20.1 Å². The molecule has 120 valence electrons. The van der Waals surface area contributed by atoms with Gasteiger partial charge in [0, 0.05) is 19.1 Å². The van der Waals surface area contributed by atoms with Gasteiger partial charge in [0.25, 0.3) is 0 Å². The molecule has 1 saturated carbocycles. The Morgan fingerprint density at radius 1 is 1.14 bits per heavy atom. The van der Waals surface area contributed by atoms with Crippen LogP contribution in [0.2, 0.25) is 0 Å². The zero-order valence-electron chi connectivity index (χ0n) is 13.7. The minimum atomic E-state index is 0.329. The number of amides is 1. The monoisotopic (exact) mass is 300 g/mol. The molecule has 1 aromatic carbocycles. The van der Waals surface area contributed by atoms with Gasteiger partial charge in [-0.2, -0.15) is 0 Å². The lowest BCUT2D eigenvalue weighted by Crippen LogP contribution is -2.52. The summed E-state index contributed by atoms with van der Waals surface area (Å²) in [5.41, 5.74) is 1.27. The summed E-state index contributed by atoms with van der Waals surface area (Å²) in [4.78, 5) is 17.1. The number of hydrogen-bond acceptors (Lipinski definition) is 2. The summed E-state index contributed by atoms with van der Waals surface area (Å²) in [5, 5.41) is 0. The molecule has 1 aromatic rings. The Bertz CT molecular complexity index is 485. The number of hydrogen-bond donors (Lipinski definition) is 0. The molecule has 2 unspecified atom stereocenters. The lowest BCUT2D eigenvalue weighted by molar-refractivity contribution is -0.138. The Hall–Kier alpha value is -1.35. The molecular weight excluding hydrogens is 272 g/mol. The van der Waals surface area contributed by atoms with Gasteiger partial charge in [-0.3, -0.25) is 9.69 Å². The Balaban J connectivity index is 1.56. The van der Waals surface area contributed by atoms with Gasteiger partial charge in [-0.25, -0.2) is 0 Å². The van der Waals surface area contributed by atoms with E-state index in [1.165, 1.54) is 44.1 Å². The molecule has 22 heavy (non-hydrogen) atoms. The predicted molar refractivity (Wildman–Crippen MR) is 89.5 cm³/mol. The predicted octanol–water partition coefficient (Wildman–Crippen LogP) is 3.30. The molecule has 0 spiro atoms. The van der Waals surface area contributed by atoms with Gasteiger partial charge in [0.1, 0.15) is 0 Å². The third-order valence-corrected chi connectivity index (χ3v) is 5.26. The summed E-state index contributed by atoms with van der Waals surface area (Å²) >= 11 is 0. The van der Waals surface area contributed by atoms with E-state index in [0.29, 0.717) is 18.5 Å². The van der Waals surface area contributed by atoms with E-state index in [0.717, 1.165) is 19.0 Å². The van der Waals surface area contributed by atoms with Crippen LogP contribution in [0.3, 0.4) is 0 Å². The second-order valence-corrected chi connectivity index (χ2v) is 7.00. The van der Waals surface area contributed by atoms with Crippen LogP contribution in [0.1, 0.15) is 44.1 Å². The number of rotatable bonds is 4. The Labute approximate surface area is 134 Å². The molecule has 0 radical (unpaired) electrons. The molecule has 2 atom stereocenters. The Morgan fingerprint density at radius 3 is 2.68 bits per heavy atom. The minimum Gasteiger partial charge on any atom is -0.338 e. The highest BCUT2D eigenvalue weighted by Gasteiger charge is 2.35. The summed E-state index contributed by atoms with van der Waals surface area (Å²) in [6.07, 6.45) is 7.72. The Kier molecular flexibility index (Phi) is 5.14. The normalized spacial score (nSPS) is 25.1. The molecule has 1 heterocycles. The van der Waals surface area contributed by atoms with Crippen LogP contribution in [0.5, 0.6) is 0 Å². The molecule has 1 aliphatic heterocycles. The minimum absolute atomic E-state index is 0.329. The third kappa shape index (κ3) is 3.70. The lowest BCUT2D eigenvalue weighted by Gasteiger charge is -2.44. The van der Waals surface area contributed by atoms with Gasteiger partial charge in [0.15, 0.2) is 0 Å². The van der Waals surface area contributed by atoms with E-state index in [-0.39, 0.29) is 0 Å². The fraction of sp³-hybridized carbons (Fsp3) is 0.632. The van der Waals surface area contributed by atoms with E-state index >= 15 is 0 Å². The second-order valence-electron chi connectivity index (χ2n) is 7.00.